The molecule has 4 aromatic rings. The molecule has 2 aromatic heterocycles. The van der Waals surface area contributed by atoms with Gasteiger partial charge in [-0.15, -0.1) is 0 Å². The van der Waals surface area contributed by atoms with E-state index in [0.29, 0.717) is 18.0 Å². The van der Waals surface area contributed by atoms with Crippen molar-refractivity contribution in [3.63, 3.8) is 0 Å². The van der Waals surface area contributed by atoms with Crippen molar-refractivity contribution in [1.29, 1.82) is 0 Å². The third kappa shape index (κ3) is 4.08. The van der Waals surface area contributed by atoms with Crippen molar-refractivity contribution in [1.82, 2.24) is 20.1 Å². The molecular weight excluding hydrogens is 384 g/mol. The Hall–Kier alpha value is -3.47. The highest BCUT2D eigenvalue weighted by atomic mass is 16.1. The van der Waals surface area contributed by atoms with Gasteiger partial charge in [0.2, 0.25) is 0 Å². The van der Waals surface area contributed by atoms with E-state index < -0.39 is 0 Å². The number of rotatable bonds is 7. The minimum Gasteiger partial charge on any atom is -0.352 e. The number of fused-ring (bicyclic) bond motifs is 1. The molecule has 156 valence electrons. The Labute approximate surface area is 182 Å². The van der Waals surface area contributed by atoms with Crippen molar-refractivity contribution >= 4 is 16.9 Å². The third-order valence-corrected chi connectivity index (χ3v) is 5.84. The van der Waals surface area contributed by atoms with E-state index in [-0.39, 0.29) is 5.91 Å². The molecular formula is C26H26N4O. The van der Waals surface area contributed by atoms with Crippen molar-refractivity contribution in [3.8, 4) is 5.69 Å². The Kier molecular flexibility index (Phi) is 5.24. The largest absolute Gasteiger partial charge is 0.352 e. The van der Waals surface area contributed by atoms with E-state index in [9.17, 15) is 4.79 Å². The molecule has 0 aliphatic heterocycles. The van der Waals surface area contributed by atoms with Crippen molar-refractivity contribution < 1.29 is 4.79 Å². The van der Waals surface area contributed by atoms with Gasteiger partial charge in [0.25, 0.3) is 5.91 Å². The van der Waals surface area contributed by atoms with Crippen molar-refractivity contribution in [3.05, 3.63) is 89.2 Å². The second kappa shape index (κ2) is 8.34. The fourth-order valence-electron chi connectivity index (χ4n) is 4.06. The maximum atomic E-state index is 13.2. The van der Waals surface area contributed by atoms with Crippen molar-refractivity contribution in [2.45, 2.75) is 38.5 Å². The summed E-state index contributed by atoms with van der Waals surface area (Å²) >= 11 is 0. The molecule has 1 N–H and O–H groups in total. The Balaban J connectivity index is 1.43. The second-order valence-corrected chi connectivity index (χ2v) is 8.25. The molecule has 0 bridgehead atoms. The maximum Gasteiger partial charge on any atom is 0.252 e. The highest BCUT2D eigenvalue weighted by Crippen LogP contribution is 2.40. The van der Waals surface area contributed by atoms with Crippen LogP contribution in [0.4, 0.5) is 0 Å². The van der Waals surface area contributed by atoms with E-state index >= 15 is 0 Å². The molecule has 5 nitrogen and oxygen atoms in total. The number of amides is 1. The molecule has 1 amide bonds. The smallest absolute Gasteiger partial charge is 0.252 e. The number of aromatic nitrogens is 3. The molecule has 1 aliphatic carbocycles. The molecule has 1 aliphatic rings. The monoisotopic (exact) mass is 410 g/mol. The average Bonchev–Trinajstić information content (AvgIpc) is 3.61. The van der Waals surface area contributed by atoms with Crippen molar-refractivity contribution in [2.75, 3.05) is 6.54 Å². The first-order valence-corrected chi connectivity index (χ1v) is 11.0. The normalized spacial score (nSPS) is 13.5. The summed E-state index contributed by atoms with van der Waals surface area (Å²) in [6.07, 6.45) is 4.12. The number of para-hydroxylation sites is 1. The fourth-order valence-corrected chi connectivity index (χ4v) is 4.06. The molecule has 2 aromatic carbocycles. The molecule has 0 atom stereocenters. The minimum atomic E-state index is -0.0435. The molecule has 5 rings (SSSR count). The SMILES string of the molecule is Cc1nn(-c2ccccc2)c2nc(C3CC3)cc(C(=O)NCCCc3ccccc3)c12. The summed E-state index contributed by atoms with van der Waals surface area (Å²) in [6.45, 7) is 2.59. The van der Waals surface area contributed by atoms with E-state index in [4.69, 9.17) is 10.1 Å². The molecule has 0 saturated heterocycles. The third-order valence-electron chi connectivity index (χ3n) is 5.84. The van der Waals surface area contributed by atoms with Gasteiger partial charge in [-0.25, -0.2) is 9.67 Å². The lowest BCUT2D eigenvalue weighted by Gasteiger charge is -2.10. The van der Waals surface area contributed by atoms with Crippen LogP contribution in [0.5, 0.6) is 0 Å². The lowest BCUT2D eigenvalue weighted by molar-refractivity contribution is 0.0954. The molecule has 5 heteroatoms. The summed E-state index contributed by atoms with van der Waals surface area (Å²) in [6, 6.07) is 22.3. The highest BCUT2D eigenvalue weighted by Gasteiger charge is 2.29. The van der Waals surface area contributed by atoms with Crippen LogP contribution in [-0.2, 0) is 6.42 Å². The van der Waals surface area contributed by atoms with Crippen LogP contribution in [0.3, 0.4) is 0 Å². The lowest BCUT2D eigenvalue weighted by Crippen LogP contribution is -2.25. The average molecular weight is 411 g/mol. The van der Waals surface area contributed by atoms with Gasteiger partial charge in [-0.2, -0.15) is 5.10 Å². The predicted octanol–water partition coefficient (Wildman–Crippen LogP) is 4.97. The summed E-state index contributed by atoms with van der Waals surface area (Å²) in [5.41, 5.74) is 5.52. The van der Waals surface area contributed by atoms with E-state index in [1.54, 1.807) is 0 Å². The summed E-state index contributed by atoms with van der Waals surface area (Å²) in [5, 5.41) is 8.70. The number of pyridine rings is 1. The molecule has 31 heavy (non-hydrogen) atoms. The zero-order chi connectivity index (χ0) is 21.2. The van der Waals surface area contributed by atoms with E-state index in [1.165, 1.54) is 5.56 Å². The van der Waals surface area contributed by atoms with Gasteiger partial charge < -0.3 is 5.32 Å². The first kappa shape index (κ1) is 19.5. The molecule has 1 saturated carbocycles. The zero-order valence-corrected chi connectivity index (χ0v) is 17.7. The Bertz CT molecular complexity index is 1210. The van der Waals surface area contributed by atoms with E-state index in [1.807, 2.05) is 66.2 Å². The van der Waals surface area contributed by atoms with Crippen LogP contribution < -0.4 is 5.32 Å². The maximum absolute atomic E-state index is 13.2. The van der Waals surface area contributed by atoms with Gasteiger partial charge in [-0.3, -0.25) is 4.79 Å². The lowest BCUT2D eigenvalue weighted by atomic mass is 10.1. The van der Waals surface area contributed by atoms with Gasteiger partial charge in [0.15, 0.2) is 5.65 Å². The standard InChI is InChI=1S/C26H26N4O/c1-18-24-22(26(31)27-16-8-11-19-9-4-2-5-10-19)17-23(20-14-15-20)28-25(24)30(29-18)21-12-6-3-7-13-21/h2-7,9-10,12-13,17,20H,8,11,14-16H2,1H3,(H,27,31). The van der Waals surface area contributed by atoms with Crippen LogP contribution in [0.1, 0.15) is 52.5 Å². The molecule has 0 radical (unpaired) electrons. The highest BCUT2D eigenvalue weighted by molar-refractivity contribution is 6.06. The van der Waals surface area contributed by atoms with Crippen LogP contribution in [0.15, 0.2) is 66.7 Å². The number of aryl methyl sites for hydroxylation is 2. The Morgan fingerprint density at radius 3 is 2.48 bits per heavy atom. The quantitative estimate of drug-likeness (QED) is 0.438. The van der Waals surface area contributed by atoms with Gasteiger partial charge in [0.1, 0.15) is 0 Å². The van der Waals surface area contributed by atoms with Gasteiger partial charge in [-0.05, 0) is 56.4 Å². The van der Waals surface area contributed by atoms with Crippen LogP contribution in [-0.4, -0.2) is 27.2 Å². The number of nitrogens with zero attached hydrogens (tertiary/aromatic N) is 3. The summed E-state index contributed by atoms with van der Waals surface area (Å²) in [7, 11) is 0. The fraction of sp³-hybridized carbons (Fsp3) is 0.269. The topological polar surface area (TPSA) is 59.8 Å². The van der Waals surface area contributed by atoms with E-state index in [0.717, 1.165) is 53.8 Å². The van der Waals surface area contributed by atoms with E-state index in [2.05, 4.69) is 17.4 Å². The minimum absolute atomic E-state index is 0.0435. The number of carbonyl (C=O) groups excluding carboxylic acids is 1. The van der Waals surface area contributed by atoms with Gasteiger partial charge in [0, 0.05) is 18.2 Å². The molecule has 1 fully saturated rings. The first-order valence-electron chi connectivity index (χ1n) is 11.0. The zero-order valence-electron chi connectivity index (χ0n) is 17.7. The summed E-state index contributed by atoms with van der Waals surface area (Å²) < 4.78 is 1.86. The molecule has 0 unspecified atom stereocenters. The van der Waals surface area contributed by atoms with Crippen LogP contribution in [0, 0.1) is 6.92 Å². The summed E-state index contributed by atoms with van der Waals surface area (Å²) in [5.74, 6) is 0.409. The Morgan fingerprint density at radius 1 is 1.06 bits per heavy atom. The number of hydrogen-bond acceptors (Lipinski definition) is 3. The van der Waals surface area contributed by atoms with Crippen molar-refractivity contribution in [2.24, 2.45) is 0 Å². The number of carbonyl (C=O) groups is 1. The molecule has 2 heterocycles. The number of nitrogens with one attached hydrogen (secondary N) is 1. The van der Waals surface area contributed by atoms with Gasteiger partial charge in [-0.1, -0.05) is 48.5 Å². The van der Waals surface area contributed by atoms with Crippen LogP contribution >= 0.6 is 0 Å². The van der Waals surface area contributed by atoms with Gasteiger partial charge in [0.05, 0.1) is 22.3 Å². The first-order chi connectivity index (χ1) is 15.2. The number of hydrogen-bond donors (Lipinski definition) is 1. The summed E-state index contributed by atoms with van der Waals surface area (Å²) in [4.78, 5) is 18.1. The van der Waals surface area contributed by atoms with Crippen LogP contribution in [0.2, 0.25) is 0 Å². The Morgan fingerprint density at radius 2 is 1.77 bits per heavy atom. The molecule has 0 spiro atoms. The second-order valence-electron chi connectivity index (χ2n) is 8.25. The van der Waals surface area contributed by atoms with Crippen LogP contribution in [0.25, 0.3) is 16.7 Å². The predicted molar refractivity (Wildman–Crippen MR) is 123 cm³/mol. The number of benzene rings is 2. The van der Waals surface area contributed by atoms with Gasteiger partial charge >= 0.3 is 0 Å².